The van der Waals surface area contributed by atoms with E-state index in [1.165, 1.54) is 0 Å². The number of fused-ring (bicyclic) bond motifs is 2. The van der Waals surface area contributed by atoms with Gasteiger partial charge in [0.05, 0.1) is 17.6 Å². The van der Waals surface area contributed by atoms with E-state index >= 15 is 0 Å². The van der Waals surface area contributed by atoms with Crippen molar-refractivity contribution in [2.24, 2.45) is 0 Å². The highest BCUT2D eigenvalue weighted by molar-refractivity contribution is 5.97. The molecule has 0 bridgehead atoms. The molecule has 1 heterocycles. The highest BCUT2D eigenvalue weighted by Gasteiger charge is 2.13. The van der Waals surface area contributed by atoms with E-state index in [-0.39, 0.29) is 12.0 Å². The van der Waals surface area contributed by atoms with Gasteiger partial charge in [0.2, 0.25) is 0 Å². The highest BCUT2D eigenvalue weighted by Crippen LogP contribution is 2.19. The molecule has 4 aromatic rings. The zero-order chi connectivity index (χ0) is 21.8. The molecule has 1 aromatic heterocycles. The Kier molecular flexibility index (Phi) is 5.66. The number of para-hydroxylation sites is 2. The predicted molar refractivity (Wildman–Crippen MR) is 119 cm³/mol. The molecule has 2 amide bonds. The average molecular weight is 415 g/mol. The monoisotopic (exact) mass is 415 g/mol. The van der Waals surface area contributed by atoms with E-state index in [9.17, 15) is 14.4 Å². The number of carbonyl (C=O) groups is 2. The van der Waals surface area contributed by atoms with Gasteiger partial charge in [-0.1, -0.05) is 24.3 Å². The van der Waals surface area contributed by atoms with Crippen molar-refractivity contribution in [1.82, 2.24) is 15.4 Å². The van der Waals surface area contributed by atoms with Crippen LogP contribution in [0.5, 0.6) is 5.75 Å². The molecule has 0 unspecified atom stereocenters. The Hall–Kier alpha value is -4.13. The summed E-state index contributed by atoms with van der Waals surface area (Å²) in [5, 5.41) is 1.07. The fourth-order valence-electron chi connectivity index (χ4n) is 3.50. The van der Waals surface area contributed by atoms with Gasteiger partial charge in [0, 0.05) is 16.3 Å². The quantitative estimate of drug-likeness (QED) is 0.387. The average Bonchev–Trinajstić information content (AvgIpc) is 2.81. The number of amides is 2. The molecular formula is C24H21N3O4. The molecule has 7 heteroatoms. The Bertz CT molecular complexity index is 1270. The van der Waals surface area contributed by atoms with Crippen LogP contribution in [-0.4, -0.2) is 23.0 Å². The third kappa shape index (κ3) is 4.11. The topological polar surface area (TPSA) is 89.4 Å². The van der Waals surface area contributed by atoms with Gasteiger partial charge in [-0.3, -0.25) is 25.2 Å². The van der Waals surface area contributed by atoms with Gasteiger partial charge < -0.3 is 9.30 Å². The van der Waals surface area contributed by atoms with Crippen molar-refractivity contribution in [3.63, 3.8) is 0 Å². The summed E-state index contributed by atoms with van der Waals surface area (Å²) in [6.07, 6.45) is 0. The summed E-state index contributed by atoms with van der Waals surface area (Å²) in [6, 6.07) is 20.9. The maximum Gasteiger partial charge on any atom is 0.269 e. The summed E-state index contributed by atoms with van der Waals surface area (Å²) in [5.41, 5.74) is 6.49. The van der Waals surface area contributed by atoms with Crippen LogP contribution in [0.15, 0.2) is 77.6 Å². The normalized spacial score (nSPS) is 10.7. The molecule has 0 aliphatic carbocycles. The SMILES string of the molecule is CCOc1ccc(C(=O)NNC(=O)Cn2c3ccccc3c(=O)c3ccccc32)cc1. The Morgan fingerprint density at radius 3 is 2.00 bits per heavy atom. The molecule has 2 N–H and O–H groups in total. The first-order chi connectivity index (χ1) is 15.1. The van der Waals surface area contributed by atoms with Crippen LogP contribution in [-0.2, 0) is 11.3 Å². The number of benzene rings is 3. The van der Waals surface area contributed by atoms with Crippen LogP contribution in [0, 0.1) is 0 Å². The number of nitrogens with zero attached hydrogens (tertiary/aromatic N) is 1. The molecule has 4 rings (SSSR count). The molecule has 156 valence electrons. The second kappa shape index (κ2) is 8.71. The Balaban J connectivity index is 1.54. The van der Waals surface area contributed by atoms with E-state index in [4.69, 9.17) is 4.74 Å². The lowest BCUT2D eigenvalue weighted by atomic mass is 10.1. The minimum absolute atomic E-state index is 0.0646. The number of aromatic nitrogens is 1. The highest BCUT2D eigenvalue weighted by atomic mass is 16.5. The molecule has 0 spiro atoms. The third-order valence-electron chi connectivity index (χ3n) is 4.92. The van der Waals surface area contributed by atoms with Crippen molar-refractivity contribution in [1.29, 1.82) is 0 Å². The fourth-order valence-corrected chi connectivity index (χ4v) is 3.50. The summed E-state index contributed by atoms with van der Waals surface area (Å²) in [6.45, 7) is 2.35. The molecule has 7 nitrogen and oxygen atoms in total. The van der Waals surface area contributed by atoms with E-state index < -0.39 is 11.8 Å². The Labute approximate surface area is 178 Å². The molecule has 0 fully saturated rings. The number of hydrazine groups is 1. The van der Waals surface area contributed by atoms with Crippen LogP contribution in [0.3, 0.4) is 0 Å². The minimum Gasteiger partial charge on any atom is -0.494 e. The zero-order valence-electron chi connectivity index (χ0n) is 16.9. The van der Waals surface area contributed by atoms with Gasteiger partial charge in [-0.05, 0) is 55.5 Å². The number of carbonyl (C=O) groups excluding carboxylic acids is 2. The van der Waals surface area contributed by atoms with Crippen molar-refractivity contribution < 1.29 is 14.3 Å². The van der Waals surface area contributed by atoms with Crippen LogP contribution in [0.2, 0.25) is 0 Å². The smallest absolute Gasteiger partial charge is 0.269 e. The first kappa shape index (κ1) is 20.2. The van der Waals surface area contributed by atoms with Gasteiger partial charge in [-0.2, -0.15) is 0 Å². The number of pyridine rings is 1. The van der Waals surface area contributed by atoms with Gasteiger partial charge in [0.1, 0.15) is 12.3 Å². The number of nitrogens with one attached hydrogen (secondary N) is 2. The number of ether oxygens (including phenoxy) is 1. The molecular weight excluding hydrogens is 394 g/mol. The summed E-state index contributed by atoms with van der Waals surface area (Å²) in [7, 11) is 0. The summed E-state index contributed by atoms with van der Waals surface area (Å²) in [4.78, 5) is 37.7. The first-order valence-electron chi connectivity index (χ1n) is 9.91. The van der Waals surface area contributed by atoms with Gasteiger partial charge in [0.25, 0.3) is 11.8 Å². The maximum atomic E-state index is 12.8. The van der Waals surface area contributed by atoms with E-state index in [1.807, 2.05) is 19.1 Å². The van der Waals surface area contributed by atoms with Crippen LogP contribution >= 0.6 is 0 Å². The number of rotatable bonds is 5. The van der Waals surface area contributed by atoms with E-state index in [0.717, 1.165) is 0 Å². The Morgan fingerprint density at radius 2 is 1.42 bits per heavy atom. The largest absolute Gasteiger partial charge is 0.494 e. The van der Waals surface area contributed by atoms with Crippen LogP contribution < -0.4 is 21.0 Å². The second-order valence-corrected chi connectivity index (χ2v) is 6.91. The lowest BCUT2D eigenvalue weighted by Crippen LogP contribution is -2.43. The minimum atomic E-state index is -0.439. The number of hydrogen-bond donors (Lipinski definition) is 2. The standard InChI is InChI=1S/C24H21N3O4/c1-2-31-17-13-11-16(12-14-17)24(30)26-25-22(28)15-27-20-9-5-3-7-18(20)23(29)19-8-4-6-10-21(19)27/h3-14H,2,15H2,1H3,(H,25,28)(H,26,30). The first-order valence-corrected chi connectivity index (χ1v) is 9.91. The lowest BCUT2D eigenvalue weighted by molar-refractivity contribution is -0.122. The summed E-state index contributed by atoms with van der Waals surface area (Å²) >= 11 is 0. The number of hydrogen-bond acceptors (Lipinski definition) is 4. The van der Waals surface area contributed by atoms with E-state index in [1.54, 1.807) is 65.2 Å². The van der Waals surface area contributed by atoms with Gasteiger partial charge in [-0.25, -0.2) is 0 Å². The predicted octanol–water partition coefficient (Wildman–Crippen LogP) is 3.01. The molecule has 0 aliphatic heterocycles. The fraction of sp³-hybridized carbons (Fsp3) is 0.125. The van der Waals surface area contributed by atoms with Crippen molar-refractivity contribution in [3.05, 3.63) is 88.6 Å². The Morgan fingerprint density at radius 1 is 0.839 bits per heavy atom. The second-order valence-electron chi connectivity index (χ2n) is 6.91. The molecule has 0 saturated carbocycles. The van der Waals surface area contributed by atoms with Crippen LogP contribution in [0.1, 0.15) is 17.3 Å². The van der Waals surface area contributed by atoms with Crippen LogP contribution in [0.4, 0.5) is 0 Å². The third-order valence-corrected chi connectivity index (χ3v) is 4.92. The molecule has 0 radical (unpaired) electrons. The van der Waals surface area contributed by atoms with Crippen molar-refractivity contribution in [2.75, 3.05) is 6.61 Å². The molecule has 31 heavy (non-hydrogen) atoms. The lowest BCUT2D eigenvalue weighted by Gasteiger charge is -2.15. The van der Waals surface area contributed by atoms with Crippen molar-refractivity contribution in [2.45, 2.75) is 13.5 Å². The van der Waals surface area contributed by atoms with E-state index in [2.05, 4.69) is 10.9 Å². The van der Waals surface area contributed by atoms with Gasteiger partial charge in [-0.15, -0.1) is 0 Å². The van der Waals surface area contributed by atoms with Crippen molar-refractivity contribution in [3.8, 4) is 5.75 Å². The van der Waals surface area contributed by atoms with Gasteiger partial charge in [0.15, 0.2) is 5.43 Å². The summed E-state index contributed by atoms with van der Waals surface area (Å²) < 4.78 is 7.13. The van der Waals surface area contributed by atoms with Gasteiger partial charge >= 0.3 is 0 Å². The molecule has 0 saturated heterocycles. The summed E-state index contributed by atoms with van der Waals surface area (Å²) in [5.74, 6) is -0.190. The molecule has 3 aromatic carbocycles. The molecule has 0 aliphatic rings. The van der Waals surface area contributed by atoms with E-state index in [0.29, 0.717) is 39.7 Å². The van der Waals surface area contributed by atoms with Crippen molar-refractivity contribution >= 4 is 33.6 Å². The zero-order valence-corrected chi connectivity index (χ0v) is 16.9. The molecule has 0 atom stereocenters. The van der Waals surface area contributed by atoms with Crippen LogP contribution in [0.25, 0.3) is 21.8 Å². The maximum absolute atomic E-state index is 12.8.